The molecule has 0 saturated carbocycles. The van der Waals surface area contributed by atoms with Crippen LogP contribution in [0.15, 0.2) is 48.5 Å². The van der Waals surface area contributed by atoms with E-state index in [9.17, 15) is 9.59 Å². The Morgan fingerprint density at radius 1 is 1.15 bits per heavy atom. The zero-order valence-electron chi connectivity index (χ0n) is 14.9. The molecule has 2 N–H and O–H groups in total. The highest BCUT2D eigenvalue weighted by molar-refractivity contribution is 5.95. The number of carboxylic acid groups (broad SMARTS) is 1. The van der Waals surface area contributed by atoms with Crippen LogP contribution in [0.5, 0.6) is 0 Å². The Morgan fingerprint density at radius 3 is 2.54 bits per heavy atom. The highest BCUT2D eigenvalue weighted by atomic mass is 16.4. The van der Waals surface area contributed by atoms with Gasteiger partial charge in [0.2, 0.25) is 0 Å². The number of carbonyl (C=O) groups is 2. The maximum absolute atomic E-state index is 12.5. The first-order chi connectivity index (χ1) is 12.4. The van der Waals surface area contributed by atoms with Gasteiger partial charge in [-0.15, -0.1) is 0 Å². The SMILES string of the molecule is CN(C)c1ccc(C(=O)NC2CCc3cc(/C=C/C(=O)O)ccc32)cc1. The van der Waals surface area contributed by atoms with Gasteiger partial charge in [0.1, 0.15) is 0 Å². The second-order valence-corrected chi connectivity index (χ2v) is 6.64. The Morgan fingerprint density at radius 2 is 1.88 bits per heavy atom. The normalized spacial score (nSPS) is 15.7. The second kappa shape index (κ2) is 7.44. The molecule has 1 aliphatic rings. The van der Waals surface area contributed by atoms with E-state index < -0.39 is 5.97 Å². The van der Waals surface area contributed by atoms with E-state index in [2.05, 4.69) is 5.32 Å². The van der Waals surface area contributed by atoms with Crippen LogP contribution in [0.25, 0.3) is 6.08 Å². The van der Waals surface area contributed by atoms with E-state index in [1.807, 2.05) is 61.5 Å². The average Bonchev–Trinajstić information content (AvgIpc) is 3.02. The van der Waals surface area contributed by atoms with E-state index in [4.69, 9.17) is 5.11 Å². The van der Waals surface area contributed by atoms with Crippen molar-refractivity contribution < 1.29 is 14.7 Å². The second-order valence-electron chi connectivity index (χ2n) is 6.64. The number of amides is 1. The molecule has 0 fully saturated rings. The fourth-order valence-corrected chi connectivity index (χ4v) is 3.21. The number of nitrogens with zero attached hydrogens (tertiary/aromatic N) is 1. The minimum atomic E-state index is -0.962. The van der Waals surface area contributed by atoms with Crippen molar-refractivity contribution in [3.05, 3.63) is 70.8 Å². The lowest BCUT2D eigenvalue weighted by molar-refractivity contribution is -0.131. The van der Waals surface area contributed by atoms with Gasteiger partial charge >= 0.3 is 5.97 Å². The van der Waals surface area contributed by atoms with Gasteiger partial charge in [-0.05, 0) is 59.9 Å². The lowest BCUT2D eigenvalue weighted by atomic mass is 10.0. The van der Waals surface area contributed by atoms with Gasteiger partial charge < -0.3 is 15.3 Å². The third kappa shape index (κ3) is 3.94. The van der Waals surface area contributed by atoms with E-state index in [1.54, 1.807) is 6.08 Å². The molecule has 0 aliphatic heterocycles. The van der Waals surface area contributed by atoms with Crippen LogP contribution in [-0.2, 0) is 11.2 Å². The summed E-state index contributed by atoms with van der Waals surface area (Å²) in [5.41, 5.74) is 4.82. The summed E-state index contributed by atoms with van der Waals surface area (Å²) in [5.74, 6) is -1.04. The van der Waals surface area contributed by atoms with Crippen LogP contribution in [0.3, 0.4) is 0 Å². The zero-order valence-corrected chi connectivity index (χ0v) is 14.9. The third-order valence-corrected chi connectivity index (χ3v) is 4.61. The van der Waals surface area contributed by atoms with Crippen molar-refractivity contribution in [2.24, 2.45) is 0 Å². The van der Waals surface area contributed by atoms with Gasteiger partial charge in [0.25, 0.3) is 5.91 Å². The summed E-state index contributed by atoms with van der Waals surface area (Å²) < 4.78 is 0. The molecule has 1 unspecified atom stereocenters. The first-order valence-corrected chi connectivity index (χ1v) is 8.56. The quantitative estimate of drug-likeness (QED) is 0.812. The van der Waals surface area contributed by atoms with Crippen molar-refractivity contribution in [2.45, 2.75) is 18.9 Å². The van der Waals surface area contributed by atoms with Crippen molar-refractivity contribution in [3.63, 3.8) is 0 Å². The average molecular weight is 350 g/mol. The molecular formula is C21H22N2O3. The molecular weight excluding hydrogens is 328 g/mol. The first kappa shape index (κ1) is 17.7. The van der Waals surface area contributed by atoms with Crippen LogP contribution in [0.2, 0.25) is 0 Å². The van der Waals surface area contributed by atoms with Gasteiger partial charge in [0, 0.05) is 31.4 Å². The fourth-order valence-electron chi connectivity index (χ4n) is 3.21. The van der Waals surface area contributed by atoms with E-state index in [0.29, 0.717) is 5.56 Å². The van der Waals surface area contributed by atoms with Crippen molar-refractivity contribution in [3.8, 4) is 0 Å². The zero-order chi connectivity index (χ0) is 18.7. The minimum absolute atomic E-state index is 0.0106. The van der Waals surface area contributed by atoms with Gasteiger partial charge in [-0.25, -0.2) is 4.79 Å². The highest BCUT2D eigenvalue weighted by Crippen LogP contribution is 2.32. The maximum atomic E-state index is 12.5. The summed E-state index contributed by atoms with van der Waals surface area (Å²) in [6.45, 7) is 0. The lowest BCUT2D eigenvalue weighted by Gasteiger charge is -2.16. The van der Waals surface area contributed by atoms with E-state index >= 15 is 0 Å². The smallest absolute Gasteiger partial charge is 0.328 e. The molecule has 0 bridgehead atoms. The molecule has 0 aromatic heterocycles. The summed E-state index contributed by atoms with van der Waals surface area (Å²) in [4.78, 5) is 25.2. The number of benzene rings is 2. The number of hydrogen-bond acceptors (Lipinski definition) is 3. The number of nitrogens with one attached hydrogen (secondary N) is 1. The summed E-state index contributed by atoms with van der Waals surface area (Å²) in [7, 11) is 3.93. The monoisotopic (exact) mass is 350 g/mol. The molecule has 0 spiro atoms. The molecule has 26 heavy (non-hydrogen) atoms. The molecule has 0 heterocycles. The molecule has 0 radical (unpaired) electrons. The number of anilines is 1. The maximum Gasteiger partial charge on any atom is 0.328 e. The Hall–Kier alpha value is -3.08. The van der Waals surface area contributed by atoms with Gasteiger partial charge in [-0.1, -0.05) is 18.2 Å². The van der Waals surface area contributed by atoms with Crippen LogP contribution in [-0.4, -0.2) is 31.1 Å². The summed E-state index contributed by atoms with van der Waals surface area (Å²) in [6, 6.07) is 13.4. The van der Waals surface area contributed by atoms with Crippen LogP contribution >= 0.6 is 0 Å². The molecule has 1 atom stereocenters. The Bertz CT molecular complexity index is 854. The topological polar surface area (TPSA) is 69.6 Å². The molecule has 3 rings (SSSR count). The van der Waals surface area contributed by atoms with Crippen molar-refractivity contribution in [1.29, 1.82) is 0 Å². The third-order valence-electron chi connectivity index (χ3n) is 4.61. The van der Waals surface area contributed by atoms with Crippen molar-refractivity contribution >= 4 is 23.6 Å². The number of carbonyl (C=O) groups excluding carboxylic acids is 1. The fraction of sp³-hybridized carbons (Fsp3) is 0.238. The summed E-state index contributed by atoms with van der Waals surface area (Å²) in [6.07, 6.45) is 4.44. The van der Waals surface area contributed by atoms with Gasteiger partial charge in [-0.2, -0.15) is 0 Å². The first-order valence-electron chi connectivity index (χ1n) is 8.56. The molecule has 1 aliphatic carbocycles. The standard InChI is InChI=1S/C21H22N2O3/c1-23(2)17-8-5-15(6-9-17)21(26)22-19-11-7-16-13-14(3-10-18(16)19)4-12-20(24)25/h3-6,8-10,12-13,19H,7,11H2,1-2H3,(H,22,26)(H,24,25)/b12-4+. The summed E-state index contributed by atoms with van der Waals surface area (Å²) >= 11 is 0. The summed E-state index contributed by atoms with van der Waals surface area (Å²) in [5, 5.41) is 11.8. The number of carboxylic acids is 1. The van der Waals surface area contributed by atoms with Crippen molar-refractivity contribution in [2.75, 3.05) is 19.0 Å². The van der Waals surface area contributed by atoms with Crippen molar-refractivity contribution in [1.82, 2.24) is 5.32 Å². The molecule has 2 aromatic rings. The number of aliphatic carboxylic acids is 1. The number of rotatable bonds is 5. The predicted octanol–water partition coefficient (Wildman–Crippen LogP) is 3.27. The van der Waals surface area contributed by atoms with Gasteiger partial charge in [0.05, 0.1) is 6.04 Å². The molecule has 5 heteroatoms. The van der Waals surface area contributed by atoms with Crippen LogP contribution in [0.1, 0.15) is 39.5 Å². The number of aryl methyl sites for hydroxylation is 1. The van der Waals surface area contributed by atoms with Gasteiger partial charge in [-0.3, -0.25) is 4.79 Å². The molecule has 5 nitrogen and oxygen atoms in total. The minimum Gasteiger partial charge on any atom is -0.478 e. The number of fused-ring (bicyclic) bond motifs is 1. The van der Waals surface area contributed by atoms with Crippen LogP contribution < -0.4 is 10.2 Å². The Kier molecular flexibility index (Phi) is 5.07. The van der Waals surface area contributed by atoms with E-state index in [1.165, 1.54) is 0 Å². The van der Waals surface area contributed by atoms with Crippen LogP contribution in [0, 0.1) is 0 Å². The molecule has 134 valence electrons. The highest BCUT2D eigenvalue weighted by Gasteiger charge is 2.24. The molecule has 2 aromatic carbocycles. The predicted molar refractivity (Wildman–Crippen MR) is 102 cm³/mol. The Labute approximate surface area is 153 Å². The lowest BCUT2D eigenvalue weighted by Crippen LogP contribution is -2.27. The molecule has 1 amide bonds. The van der Waals surface area contributed by atoms with Crippen LogP contribution in [0.4, 0.5) is 5.69 Å². The largest absolute Gasteiger partial charge is 0.478 e. The number of hydrogen-bond donors (Lipinski definition) is 2. The van der Waals surface area contributed by atoms with E-state index in [0.717, 1.165) is 41.3 Å². The van der Waals surface area contributed by atoms with Gasteiger partial charge in [0.15, 0.2) is 0 Å². The van der Waals surface area contributed by atoms with E-state index in [-0.39, 0.29) is 11.9 Å². The Balaban J connectivity index is 1.71. The molecule has 0 saturated heterocycles.